The molecule has 1 fully saturated rings. The molecule has 40 heavy (non-hydrogen) atoms. The molecular weight excluding hydrogens is 496 g/mol. The standard InChI is InChI=1S/C33H32N6O/c1-37(24-26-5-3-2-4-6-26)33(40)21-25-7-9-27(10-8-25)28-11-12-30-31(22-28)36-32(23-35-30)39-19-17-38(18-20-39)29-13-15-34-16-14-29/h2-16,22-23H,17-21,24H2,1H3. The van der Waals surface area contributed by atoms with Crippen molar-refractivity contribution < 1.29 is 4.79 Å². The van der Waals surface area contributed by atoms with Crippen LogP contribution >= 0.6 is 0 Å². The van der Waals surface area contributed by atoms with Gasteiger partial charge in [0.2, 0.25) is 5.91 Å². The van der Waals surface area contributed by atoms with E-state index in [9.17, 15) is 4.79 Å². The topological polar surface area (TPSA) is 65.5 Å². The van der Waals surface area contributed by atoms with E-state index in [0.717, 1.165) is 65.3 Å². The van der Waals surface area contributed by atoms with Crippen LogP contribution in [0.5, 0.6) is 0 Å². The lowest BCUT2D eigenvalue weighted by Gasteiger charge is -2.36. The molecule has 0 saturated carbocycles. The van der Waals surface area contributed by atoms with Crippen molar-refractivity contribution in [2.45, 2.75) is 13.0 Å². The van der Waals surface area contributed by atoms with Crippen LogP contribution in [-0.2, 0) is 17.8 Å². The van der Waals surface area contributed by atoms with Gasteiger partial charge >= 0.3 is 0 Å². The Hall–Kier alpha value is -4.78. The van der Waals surface area contributed by atoms with Gasteiger partial charge in [0.15, 0.2) is 0 Å². The average Bonchev–Trinajstić information content (AvgIpc) is 3.02. The second kappa shape index (κ2) is 11.5. The predicted molar refractivity (Wildman–Crippen MR) is 160 cm³/mol. The number of anilines is 2. The summed E-state index contributed by atoms with van der Waals surface area (Å²) in [6.07, 6.45) is 5.94. The summed E-state index contributed by atoms with van der Waals surface area (Å²) in [5.41, 5.74) is 7.28. The van der Waals surface area contributed by atoms with Crippen molar-refractivity contribution in [1.29, 1.82) is 0 Å². The summed E-state index contributed by atoms with van der Waals surface area (Å²) in [7, 11) is 1.86. The molecule has 0 spiro atoms. The second-order valence-corrected chi connectivity index (χ2v) is 10.2. The number of rotatable bonds is 7. The van der Waals surface area contributed by atoms with E-state index >= 15 is 0 Å². The Kier molecular flexibility index (Phi) is 7.35. The molecular formula is C33H32N6O. The second-order valence-electron chi connectivity index (χ2n) is 10.2. The van der Waals surface area contributed by atoms with E-state index in [4.69, 9.17) is 9.97 Å². The third-order valence-electron chi connectivity index (χ3n) is 7.49. The summed E-state index contributed by atoms with van der Waals surface area (Å²) < 4.78 is 0. The highest BCUT2D eigenvalue weighted by Gasteiger charge is 2.19. The molecule has 5 aromatic rings. The van der Waals surface area contributed by atoms with Gasteiger partial charge < -0.3 is 14.7 Å². The maximum atomic E-state index is 12.8. The van der Waals surface area contributed by atoms with E-state index in [1.807, 2.05) is 74.2 Å². The van der Waals surface area contributed by atoms with Crippen molar-refractivity contribution in [3.8, 4) is 11.1 Å². The Morgan fingerprint density at radius 2 is 1.48 bits per heavy atom. The molecule has 0 bridgehead atoms. The van der Waals surface area contributed by atoms with Crippen LogP contribution in [-0.4, -0.2) is 59.0 Å². The Balaban J connectivity index is 1.11. The van der Waals surface area contributed by atoms with Gasteiger partial charge in [-0.05, 0) is 46.5 Å². The zero-order valence-corrected chi connectivity index (χ0v) is 22.6. The van der Waals surface area contributed by atoms with Crippen molar-refractivity contribution in [2.75, 3.05) is 43.0 Å². The van der Waals surface area contributed by atoms with Gasteiger partial charge in [0.25, 0.3) is 0 Å². The van der Waals surface area contributed by atoms with E-state index in [-0.39, 0.29) is 5.91 Å². The molecule has 0 atom stereocenters. The van der Waals surface area contributed by atoms with E-state index in [1.54, 1.807) is 4.90 Å². The van der Waals surface area contributed by atoms with Crippen LogP contribution in [0.3, 0.4) is 0 Å². The van der Waals surface area contributed by atoms with Crippen molar-refractivity contribution in [2.24, 2.45) is 0 Å². The maximum absolute atomic E-state index is 12.8. The lowest BCUT2D eigenvalue weighted by molar-refractivity contribution is -0.129. The highest BCUT2D eigenvalue weighted by molar-refractivity contribution is 5.83. The highest BCUT2D eigenvalue weighted by Crippen LogP contribution is 2.26. The number of aromatic nitrogens is 3. The fraction of sp³-hybridized carbons (Fsp3) is 0.212. The maximum Gasteiger partial charge on any atom is 0.227 e. The lowest BCUT2D eigenvalue weighted by Crippen LogP contribution is -2.46. The van der Waals surface area contributed by atoms with E-state index in [0.29, 0.717) is 13.0 Å². The molecule has 2 aromatic heterocycles. The predicted octanol–water partition coefficient (Wildman–Crippen LogP) is 5.22. The molecule has 1 amide bonds. The largest absolute Gasteiger partial charge is 0.368 e. The van der Waals surface area contributed by atoms with Crippen molar-refractivity contribution >= 4 is 28.4 Å². The van der Waals surface area contributed by atoms with Crippen LogP contribution in [0.4, 0.5) is 11.5 Å². The molecule has 3 aromatic carbocycles. The van der Waals surface area contributed by atoms with Gasteiger partial charge in [-0.2, -0.15) is 0 Å². The molecule has 7 nitrogen and oxygen atoms in total. The van der Waals surface area contributed by atoms with Gasteiger partial charge in [-0.1, -0.05) is 60.7 Å². The fourth-order valence-electron chi connectivity index (χ4n) is 5.15. The van der Waals surface area contributed by atoms with Gasteiger partial charge in [0.1, 0.15) is 5.82 Å². The van der Waals surface area contributed by atoms with Crippen LogP contribution < -0.4 is 9.80 Å². The number of hydrogen-bond donors (Lipinski definition) is 0. The Morgan fingerprint density at radius 3 is 2.23 bits per heavy atom. The monoisotopic (exact) mass is 528 g/mol. The number of piperazine rings is 1. The van der Waals surface area contributed by atoms with E-state index in [2.05, 4.69) is 51.2 Å². The van der Waals surface area contributed by atoms with Crippen LogP contribution in [0.25, 0.3) is 22.2 Å². The van der Waals surface area contributed by atoms with Crippen LogP contribution in [0.1, 0.15) is 11.1 Å². The first-order valence-corrected chi connectivity index (χ1v) is 13.7. The SMILES string of the molecule is CN(Cc1ccccc1)C(=O)Cc1ccc(-c2ccc3ncc(N4CCN(c5ccncc5)CC4)nc3c2)cc1. The summed E-state index contributed by atoms with van der Waals surface area (Å²) in [6, 6.07) is 28.6. The minimum Gasteiger partial charge on any atom is -0.368 e. The number of nitrogens with zero attached hydrogens (tertiary/aromatic N) is 6. The van der Waals surface area contributed by atoms with Gasteiger partial charge in [-0.25, -0.2) is 4.98 Å². The Morgan fingerprint density at radius 1 is 0.775 bits per heavy atom. The number of carbonyl (C=O) groups excluding carboxylic acids is 1. The number of pyridine rings is 1. The first-order valence-electron chi connectivity index (χ1n) is 13.7. The number of carbonyl (C=O) groups is 1. The number of likely N-dealkylation sites (N-methyl/N-ethyl adjacent to an activating group) is 1. The third kappa shape index (κ3) is 5.78. The van der Waals surface area contributed by atoms with Crippen LogP contribution in [0.15, 0.2) is 104 Å². The van der Waals surface area contributed by atoms with E-state index in [1.165, 1.54) is 5.69 Å². The minimum absolute atomic E-state index is 0.103. The zero-order valence-electron chi connectivity index (χ0n) is 22.6. The quantitative estimate of drug-likeness (QED) is 0.289. The molecule has 0 unspecified atom stereocenters. The van der Waals surface area contributed by atoms with Crippen molar-refractivity contribution in [1.82, 2.24) is 19.9 Å². The number of amides is 1. The minimum atomic E-state index is 0.103. The Labute approximate surface area is 234 Å². The fourth-order valence-corrected chi connectivity index (χ4v) is 5.15. The molecule has 1 aliphatic rings. The molecule has 7 heteroatoms. The average molecular weight is 529 g/mol. The van der Waals surface area contributed by atoms with Crippen molar-refractivity contribution in [3.63, 3.8) is 0 Å². The number of fused-ring (bicyclic) bond motifs is 1. The van der Waals surface area contributed by atoms with Gasteiger partial charge in [-0.15, -0.1) is 0 Å². The van der Waals surface area contributed by atoms with Crippen LogP contribution in [0.2, 0.25) is 0 Å². The number of benzene rings is 3. The summed E-state index contributed by atoms with van der Waals surface area (Å²) >= 11 is 0. The third-order valence-corrected chi connectivity index (χ3v) is 7.49. The molecule has 1 saturated heterocycles. The summed E-state index contributed by atoms with van der Waals surface area (Å²) in [5, 5.41) is 0. The molecule has 0 aliphatic carbocycles. The molecule has 6 rings (SSSR count). The Bertz CT molecular complexity index is 1580. The normalized spacial score (nSPS) is 13.4. The highest BCUT2D eigenvalue weighted by atomic mass is 16.2. The lowest BCUT2D eigenvalue weighted by atomic mass is 10.0. The molecule has 200 valence electrons. The molecule has 1 aliphatic heterocycles. The van der Waals surface area contributed by atoms with Gasteiger partial charge in [-0.3, -0.25) is 14.8 Å². The smallest absolute Gasteiger partial charge is 0.227 e. The first kappa shape index (κ1) is 25.5. The summed E-state index contributed by atoms with van der Waals surface area (Å²) in [6.45, 7) is 4.26. The van der Waals surface area contributed by atoms with Crippen LogP contribution in [0, 0.1) is 0 Å². The molecule has 0 radical (unpaired) electrons. The zero-order chi connectivity index (χ0) is 27.3. The van der Waals surface area contributed by atoms with E-state index < -0.39 is 0 Å². The summed E-state index contributed by atoms with van der Waals surface area (Å²) in [5.74, 6) is 1.01. The van der Waals surface area contributed by atoms with Gasteiger partial charge in [0, 0.05) is 57.9 Å². The summed E-state index contributed by atoms with van der Waals surface area (Å²) in [4.78, 5) is 33.0. The van der Waals surface area contributed by atoms with Crippen molar-refractivity contribution in [3.05, 3.63) is 115 Å². The molecule has 0 N–H and O–H groups in total. The molecule has 3 heterocycles. The van der Waals surface area contributed by atoms with Gasteiger partial charge in [0.05, 0.1) is 23.7 Å². The number of hydrogen-bond acceptors (Lipinski definition) is 6. The first-order chi connectivity index (χ1) is 19.6.